The van der Waals surface area contributed by atoms with E-state index in [0.29, 0.717) is 5.95 Å². The van der Waals surface area contributed by atoms with Crippen LogP contribution in [0.15, 0.2) is 174 Å². The molecule has 0 N–H and O–H groups in total. The molecule has 0 spiro atoms. The Hall–Kier alpha value is -6.98. The molecule has 238 valence electrons. The minimum absolute atomic E-state index is 0.608. The van der Waals surface area contributed by atoms with Gasteiger partial charge in [0.2, 0.25) is 5.95 Å². The molecule has 0 aliphatic heterocycles. The fraction of sp³-hybridized carbons (Fsp3) is 0. The van der Waals surface area contributed by atoms with Gasteiger partial charge in [-0.15, -0.1) is 0 Å². The number of hydrogen-bond acceptors (Lipinski definition) is 3. The number of rotatable bonds is 4. The Kier molecular flexibility index (Phi) is 5.89. The molecule has 4 aromatic heterocycles. The van der Waals surface area contributed by atoms with Gasteiger partial charge in [0.1, 0.15) is 11.2 Å². The standard InChI is InChI=1S/C46H28N4O/c1-3-14-29(15-4-1)36-28-37(33-22-13-21-32-31-18-9-12-25-42(31)51-45(32)33)48-46(47-36)50-39-24-11-8-20-35(39)44-41(50)27-26-40-43(44)34-19-7-10-23-38(34)49(40)30-16-5-2-6-17-30/h1-28H. The third-order valence-corrected chi connectivity index (χ3v) is 10.2. The molecule has 5 heteroatoms. The third-order valence-electron chi connectivity index (χ3n) is 10.2. The molecule has 0 radical (unpaired) electrons. The van der Waals surface area contributed by atoms with Crippen LogP contribution in [0.1, 0.15) is 0 Å². The van der Waals surface area contributed by atoms with E-state index in [0.717, 1.165) is 72.1 Å². The summed E-state index contributed by atoms with van der Waals surface area (Å²) in [5.74, 6) is 0.608. The fourth-order valence-corrected chi connectivity index (χ4v) is 7.97. The van der Waals surface area contributed by atoms with Gasteiger partial charge in [0, 0.05) is 49.1 Å². The van der Waals surface area contributed by atoms with Crippen molar-refractivity contribution in [1.82, 2.24) is 19.1 Å². The normalized spacial score (nSPS) is 11.9. The van der Waals surface area contributed by atoms with Crippen LogP contribution in [-0.2, 0) is 0 Å². The highest BCUT2D eigenvalue weighted by atomic mass is 16.3. The Morgan fingerprint density at radius 3 is 1.73 bits per heavy atom. The van der Waals surface area contributed by atoms with Crippen LogP contribution >= 0.6 is 0 Å². The van der Waals surface area contributed by atoms with E-state index < -0.39 is 0 Å². The van der Waals surface area contributed by atoms with E-state index >= 15 is 0 Å². The molecule has 11 aromatic rings. The molecule has 0 fully saturated rings. The number of aromatic nitrogens is 4. The van der Waals surface area contributed by atoms with Gasteiger partial charge in [-0.25, -0.2) is 9.97 Å². The van der Waals surface area contributed by atoms with Crippen LogP contribution in [0.2, 0.25) is 0 Å². The maximum atomic E-state index is 6.51. The van der Waals surface area contributed by atoms with Crippen molar-refractivity contribution in [2.24, 2.45) is 0 Å². The van der Waals surface area contributed by atoms with Gasteiger partial charge in [0.25, 0.3) is 0 Å². The maximum absolute atomic E-state index is 6.51. The molecule has 0 unspecified atom stereocenters. The molecule has 7 aromatic carbocycles. The van der Waals surface area contributed by atoms with E-state index in [2.05, 4.69) is 161 Å². The molecule has 11 rings (SSSR count). The molecule has 0 bridgehead atoms. The molecule has 0 saturated carbocycles. The monoisotopic (exact) mass is 652 g/mol. The zero-order valence-electron chi connectivity index (χ0n) is 27.4. The first-order valence-electron chi connectivity index (χ1n) is 17.2. The number of para-hydroxylation sites is 5. The van der Waals surface area contributed by atoms with E-state index in [4.69, 9.17) is 14.4 Å². The highest BCUT2D eigenvalue weighted by Crippen LogP contribution is 2.43. The lowest BCUT2D eigenvalue weighted by atomic mass is 10.0. The minimum atomic E-state index is 0.608. The molecule has 0 aliphatic rings. The summed E-state index contributed by atoms with van der Waals surface area (Å²) < 4.78 is 11.1. The average molecular weight is 653 g/mol. The molecular formula is C46H28N4O. The molecular weight excluding hydrogens is 625 g/mol. The molecule has 0 atom stereocenters. The Balaban J connectivity index is 1.25. The van der Waals surface area contributed by atoms with Crippen LogP contribution < -0.4 is 0 Å². The van der Waals surface area contributed by atoms with Gasteiger partial charge >= 0.3 is 0 Å². The largest absolute Gasteiger partial charge is 0.455 e. The molecule has 4 heterocycles. The van der Waals surface area contributed by atoms with Crippen molar-refractivity contribution in [3.63, 3.8) is 0 Å². The van der Waals surface area contributed by atoms with Gasteiger partial charge in [-0.2, -0.15) is 0 Å². The minimum Gasteiger partial charge on any atom is -0.455 e. The number of nitrogens with zero attached hydrogens (tertiary/aromatic N) is 4. The van der Waals surface area contributed by atoms with E-state index in [9.17, 15) is 0 Å². The molecule has 0 amide bonds. The average Bonchev–Trinajstić information content (AvgIpc) is 3.86. The number of furan rings is 1. The molecule has 0 saturated heterocycles. The van der Waals surface area contributed by atoms with Gasteiger partial charge < -0.3 is 8.98 Å². The van der Waals surface area contributed by atoms with Crippen LogP contribution in [-0.4, -0.2) is 19.1 Å². The second-order valence-corrected chi connectivity index (χ2v) is 13.0. The maximum Gasteiger partial charge on any atom is 0.235 e. The second kappa shape index (κ2) is 10.8. The van der Waals surface area contributed by atoms with Crippen molar-refractivity contribution < 1.29 is 4.42 Å². The fourth-order valence-electron chi connectivity index (χ4n) is 7.97. The Labute approximate surface area is 292 Å². The van der Waals surface area contributed by atoms with Gasteiger partial charge in [-0.3, -0.25) is 4.57 Å². The lowest BCUT2D eigenvalue weighted by Crippen LogP contribution is -2.04. The Morgan fingerprint density at radius 2 is 0.980 bits per heavy atom. The topological polar surface area (TPSA) is 48.8 Å². The van der Waals surface area contributed by atoms with Crippen molar-refractivity contribution in [3.05, 3.63) is 170 Å². The smallest absolute Gasteiger partial charge is 0.235 e. The van der Waals surface area contributed by atoms with Crippen LogP contribution in [0.5, 0.6) is 0 Å². The first-order chi connectivity index (χ1) is 25.3. The van der Waals surface area contributed by atoms with Gasteiger partial charge in [-0.1, -0.05) is 115 Å². The SMILES string of the molecule is c1ccc(-c2cc(-c3cccc4c3oc3ccccc34)nc(-n3c4ccccc4c4c5c6ccccc6n(-c6ccccc6)c5ccc43)n2)cc1. The van der Waals surface area contributed by atoms with Crippen molar-refractivity contribution >= 4 is 65.6 Å². The van der Waals surface area contributed by atoms with Gasteiger partial charge in [-0.05, 0) is 54.6 Å². The van der Waals surface area contributed by atoms with E-state index in [1.165, 1.54) is 21.7 Å². The quantitative estimate of drug-likeness (QED) is 0.190. The Morgan fingerprint density at radius 1 is 0.412 bits per heavy atom. The number of benzene rings is 7. The lowest BCUT2D eigenvalue weighted by Gasteiger charge is -2.12. The predicted molar refractivity (Wildman–Crippen MR) is 209 cm³/mol. The van der Waals surface area contributed by atoms with Crippen molar-refractivity contribution in [2.45, 2.75) is 0 Å². The highest BCUT2D eigenvalue weighted by molar-refractivity contribution is 6.28. The molecule has 5 nitrogen and oxygen atoms in total. The first kappa shape index (κ1) is 27.9. The number of fused-ring (bicyclic) bond motifs is 10. The number of hydrogen-bond donors (Lipinski definition) is 0. The van der Waals surface area contributed by atoms with E-state index in [1.54, 1.807) is 0 Å². The van der Waals surface area contributed by atoms with Crippen molar-refractivity contribution in [1.29, 1.82) is 0 Å². The van der Waals surface area contributed by atoms with E-state index in [1.807, 2.05) is 18.2 Å². The summed E-state index contributed by atoms with van der Waals surface area (Å²) in [4.78, 5) is 10.7. The molecule has 0 aliphatic carbocycles. The van der Waals surface area contributed by atoms with Crippen LogP contribution in [0, 0.1) is 0 Å². The van der Waals surface area contributed by atoms with Crippen molar-refractivity contribution in [3.8, 4) is 34.2 Å². The summed E-state index contributed by atoms with van der Waals surface area (Å²) in [6.45, 7) is 0. The zero-order valence-corrected chi connectivity index (χ0v) is 27.4. The summed E-state index contributed by atoms with van der Waals surface area (Å²) in [5, 5.41) is 6.92. The highest BCUT2D eigenvalue weighted by Gasteiger charge is 2.23. The van der Waals surface area contributed by atoms with Gasteiger partial charge in [0.05, 0.1) is 33.5 Å². The predicted octanol–water partition coefficient (Wildman–Crippen LogP) is 11.9. The summed E-state index contributed by atoms with van der Waals surface area (Å²) in [7, 11) is 0. The second-order valence-electron chi connectivity index (χ2n) is 13.0. The summed E-state index contributed by atoms with van der Waals surface area (Å²) >= 11 is 0. The summed E-state index contributed by atoms with van der Waals surface area (Å²) in [6, 6.07) is 59.3. The molecule has 51 heavy (non-hydrogen) atoms. The van der Waals surface area contributed by atoms with Crippen molar-refractivity contribution in [2.75, 3.05) is 0 Å². The van der Waals surface area contributed by atoms with Gasteiger partial charge in [0.15, 0.2) is 0 Å². The lowest BCUT2D eigenvalue weighted by molar-refractivity contribution is 0.670. The first-order valence-corrected chi connectivity index (χ1v) is 17.2. The van der Waals surface area contributed by atoms with Crippen LogP contribution in [0.3, 0.4) is 0 Å². The summed E-state index contributed by atoms with van der Waals surface area (Å²) in [5.41, 5.74) is 10.8. The zero-order chi connectivity index (χ0) is 33.5. The Bertz CT molecular complexity index is 3130. The summed E-state index contributed by atoms with van der Waals surface area (Å²) in [6.07, 6.45) is 0. The van der Waals surface area contributed by atoms with E-state index in [-0.39, 0.29) is 0 Å². The third kappa shape index (κ3) is 4.09. The van der Waals surface area contributed by atoms with Crippen LogP contribution in [0.4, 0.5) is 0 Å². The van der Waals surface area contributed by atoms with Crippen LogP contribution in [0.25, 0.3) is 99.7 Å².